The van der Waals surface area contributed by atoms with Gasteiger partial charge in [-0.2, -0.15) is 0 Å². The van der Waals surface area contributed by atoms with Gasteiger partial charge in [0.2, 0.25) is 5.91 Å². The number of carbonyl (C=O) groups excluding carboxylic acids is 2. The van der Waals surface area contributed by atoms with E-state index in [1.54, 1.807) is 24.3 Å². The Morgan fingerprint density at radius 3 is 2.29 bits per heavy atom. The Labute approximate surface area is 146 Å². The Hall–Kier alpha value is -2.32. The molecule has 0 bridgehead atoms. The Bertz CT molecular complexity index is 551. The maximum absolute atomic E-state index is 11.8. The maximum atomic E-state index is 11.8. The molecule has 24 heavy (non-hydrogen) atoms. The number of nitrogens with zero attached hydrogens (tertiary/aromatic N) is 1. The zero-order valence-electron chi connectivity index (χ0n) is 13.6. The van der Waals surface area contributed by atoms with Gasteiger partial charge in [0.15, 0.2) is 0 Å². The van der Waals surface area contributed by atoms with Crippen LogP contribution in [0.1, 0.15) is 13.3 Å². The molecule has 0 saturated carbocycles. The second-order valence-corrected chi connectivity index (χ2v) is 4.84. The van der Waals surface area contributed by atoms with E-state index in [1.165, 1.54) is 12.0 Å². The third-order valence-corrected chi connectivity index (χ3v) is 2.87. The van der Waals surface area contributed by atoms with Crippen LogP contribution in [-0.4, -0.2) is 54.7 Å². The van der Waals surface area contributed by atoms with E-state index in [1.807, 2.05) is 6.92 Å². The number of halogens is 1. The number of nitrogens with one attached hydrogen (secondary N) is 2. The molecule has 0 unspecified atom stereocenters. The lowest BCUT2D eigenvalue weighted by molar-refractivity contribution is -0.138. The van der Waals surface area contributed by atoms with Crippen LogP contribution < -0.4 is 15.4 Å². The van der Waals surface area contributed by atoms with Crippen LogP contribution in [0.4, 0.5) is 10.5 Å². The van der Waals surface area contributed by atoms with Gasteiger partial charge in [-0.15, -0.1) is 12.4 Å². The van der Waals surface area contributed by atoms with Crippen molar-refractivity contribution in [2.45, 2.75) is 13.3 Å². The maximum Gasteiger partial charge on any atom is 0.325 e. The lowest BCUT2D eigenvalue weighted by Gasteiger charge is -2.18. The first-order valence-electron chi connectivity index (χ1n) is 7.13. The largest absolute Gasteiger partial charge is 0.497 e. The topological polar surface area (TPSA) is 108 Å². The van der Waals surface area contributed by atoms with E-state index in [0.717, 1.165) is 0 Å². The van der Waals surface area contributed by atoms with Crippen LogP contribution in [0, 0.1) is 0 Å². The summed E-state index contributed by atoms with van der Waals surface area (Å²) in [6, 6.07) is 5.94. The monoisotopic (exact) mass is 359 g/mol. The molecule has 0 aliphatic carbocycles. The van der Waals surface area contributed by atoms with E-state index in [0.29, 0.717) is 24.4 Å². The third kappa shape index (κ3) is 8.35. The average molecular weight is 360 g/mol. The molecule has 0 aromatic heterocycles. The highest BCUT2D eigenvalue weighted by atomic mass is 35.5. The molecule has 0 fully saturated rings. The fourth-order valence-corrected chi connectivity index (χ4v) is 1.93. The molecule has 0 aliphatic heterocycles. The van der Waals surface area contributed by atoms with Crippen molar-refractivity contribution in [1.82, 2.24) is 10.2 Å². The fraction of sp³-hybridized carbons (Fsp3) is 0.400. The molecule has 0 saturated heterocycles. The van der Waals surface area contributed by atoms with Gasteiger partial charge in [0.05, 0.1) is 20.2 Å². The first kappa shape index (κ1) is 21.7. The number of ether oxygens (including phenoxy) is 1. The lowest BCUT2D eigenvalue weighted by atomic mass is 10.3. The predicted octanol–water partition coefficient (Wildman–Crippen LogP) is 1.56. The zero-order chi connectivity index (χ0) is 17.2. The first-order valence-corrected chi connectivity index (χ1v) is 7.13. The molecular weight excluding hydrogens is 338 g/mol. The minimum atomic E-state index is -1.02. The molecular formula is C15H22ClN3O5. The van der Waals surface area contributed by atoms with Gasteiger partial charge in [0.25, 0.3) is 0 Å². The van der Waals surface area contributed by atoms with Crippen molar-refractivity contribution >= 4 is 36.0 Å². The Kier molecular flexibility index (Phi) is 10.2. The summed E-state index contributed by atoms with van der Waals surface area (Å²) >= 11 is 0. The van der Waals surface area contributed by atoms with E-state index < -0.39 is 17.9 Å². The summed E-state index contributed by atoms with van der Waals surface area (Å²) in [4.78, 5) is 35.7. The number of carbonyl (C=O) groups is 3. The minimum absolute atomic E-state index is 0. The number of imide groups is 1. The molecule has 3 N–H and O–H groups in total. The van der Waals surface area contributed by atoms with Gasteiger partial charge in [0.1, 0.15) is 5.75 Å². The van der Waals surface area contributed by atoms with Gasteiger partial charge in [-0.3, -0.25) is 19.8 Å². The predicted molar refractivity (Wildman–Crippen MR) is 91.8 cm³/mol. The smallest absolute Gasteiger partial charge is 0.325 e. The number of urea groups is 1. The van der Waals surface area contributed by atoms with Crippen molar-refractivity contribution < 1.29 is 24.2 Å². The molecule has 0 spiro atoms. The first-order chi connectivity index (χ1) is 10.9. The molecule has 1 rings (SSSR count). The van der Waals surface area contributed by atoms with Crippen LogP contribution in [0.2, 0.25) is 0 Å². The van der Waals surface area contributed by atoms with Gasteiger partial charge < -0.3 is 15.2 Å². The van der Waals surface area contributed by atoms with Crippen LogP contribution >= 0.6 is 12.4 Å². The van der Waals surface area contributed by atoms with E-state index in [9.17, 15) is 14.4 Å². The summed E-state index contributed by atoms with van der Waals surface area (Å²) in [5, 5.41) is 13.5. The highest BCUT2D eigenvalue weighted by Gasteiger charge is 2.15. The van der Waals surface area contributed by atoms with E-state index in [2.05, 4.69) is 10.6 Å². The number of methoxy groups -OCH3 is 1. The quantitative estimate of drug-likeness (QED) is 0.650. The molecule has 9 heteroatoms. The van der Waals surface area contributed by atoms with Gasteiger partial charge in [0, 0.05) is 5.69 Å². The molecule has 0 aliphatic rings. The second-order valence-electron chi connectivity index (χ2n) is 4.84. The number of hydrogen-bond donors (Lipinski definition) is 3. The standard InChI is InChI=1S/C15H21N3O5.ClH/c1-3-8-18(10-14(20)21)9-13(19)17-15(22)16-11-4-6-12(23-2)7-5-11;/h4-7H,3,8-10H2,1-2H3,(H,20,21)(H2,16,17,19,22);1H. The van der Waals surface area contributed by atoms with Gasteiger partial charge in [-0.05, 0) is 37.2 Å². The van der Waals surface area contributed by atoms with Crippen LogP contribution in [0.15, 0.2) is 24.3 Å². The summed E-state index contributed by atoms with van der Waals surface area (Å²) in [5.41, 5.74) is 0.507. The number of amides is 3. The van der Waals surface area contributed by atoms with Gasteiger partial charge in [-0.25, -0.2) is 4.79 Å². The summed E-state index contributed by atoms with van der Waals surface area (Å²) < 4.78 is 5.00. The van der Waals surface area contributed by atoms with Crippen LogP contribution in [0.5, 0.6) is 5.75 Å². The molecule has 1 aromatic carbocycles. The SMILES string of the molecule is CCCN(CC(=O)O)CC(=O)NC(=O)Nc1ccc(OC)cc1.Cl. The number of hydrogen-bond acceptors (Lipinski definition) is 5. The van der Waals surface area contributed by atoms with E-state index >= 15 is 0 Å². The van der Waals surface area contributed by atoms with E-state index in [4.69, 9.17) is 9.84 Å². The van der Waals surface area contributed by atoms with Crippen molar-refractivity contribution in [3.8, 4) is 5.75 Å². The van der Waals surface area contributed by atoms with Gasteiger partial charge in [-0.1, -0.05) is 6.92 Å². The van der Waals surface area contributed by atoms with Crippen LogP contribution in [0.25, 0.3) is 0 Å². The highest BCUT2D eigenvalue weighted by Crippen LogP contribution is 2.14. The summed E-state index contributed by atoms with van der Waals surface area (Å²) in [7, 11) is 1.53. The van der Waals surface area contributed by atoms with Crippen LogP contribution in [0.3, 0.4) is 0 Å². The van der Waals surface area contributed by atoms with Crippen molar-refractivity contribution in [3.63, 3.8) is 0 Å². The Morgan fingerprint density at radius 2 is 1.79 bits per heavy atom. The van der Waals surface area contributed by atoms with Crippen molar-refractivity contribution in [1.29, 1.82) is 0 Å². The molecule has 8 nitrogen and oxygen atoms in total. The Balaban J connectivity index is 0.00000529. The number of carboxylic acid groups (broad SMARTS) is 1. The number of anilines is 1. The highest BCUT2D eigenvalue weighted by molar-refractivity contribution is 6.01. The second kappa shape index (κ2) is 11.3. The molecule has 0 atom stereocenters. The Morgan fingerprint density at radius 1 is 1.17 bits per heavy atom. The van der Waals surface area contributed by atoms with Crippen LogP contribution in [-0.2, 0) is 9.59 Å². The summed E-state index contributed by atoms with van der Waals surface area (Å²) in [6.07, 6.45) is 0.707. The third-order valence-electron chi connectivity index (χ3n) is 2.87. The van der Waals surface area contributed by atoms with Crippen molar-refractivity contribution in [2.24, 2.45) is 0 Å². The summed E-state index contributed by atoms with van der Waals surface area (Å²) in [5.74, 6) is -0.935. The molecule has 134 valence electrons. The van der Waals surface area contributed by atoms with E-state index in [-0.39, 0.29) is 25.5 Å². The zero-order valence-corrected chi connectivity index (χ0v) is 14.4. The number of benzene rings is 1. The fourth-order valence-electron chi connectivity index (χ4n) is 1.93. The number of carboxylic acids is 1. The minimum Gasteiger partial charge on any atom is -0.497 e. The van der Waals surface area contributed by atoms with Crippen molar-refractivity contribution in [2.75, 3.05) is 32.1 Å². The van der Waals surface area contributed by atoms with Gasteiger partial charge >= 0.3 is 12.0 Å². The number of rotatable bonds is 8. The molecule has 0 heterocycles. The summed E-state index contributed by atoms with van der Waals surface area (Å²) in [6.45, 7) is 1.93. The molecule has 3 amide bonds. The van der Waals surface area contributed by atoms with Crippen molar-refractivity contribution in [3.05, 3.63) is 24.3 Å². The average Bonchev–Trinajstić information content (AvgIpc) is 2.47. The lowest BCUT2D eigenvalue weighted by Crippen LogP contribution is -2.43. The molecule has 0 radical (unpaired) electrons. The molecule has 1 aromatic rings. The normalized spacial score (nSPS) is 9.79. The number of aliphatic carboxylic acids is 1.